The van der Waals surface area contributed by atoms with E-state index in [9.17, 15) is 9.59 Å². The predicted molar refractivity (Wildman–Crippen MR) is 59.7 cm³/mol. The zero-order valence-corrected chi connectivity index (χ0v) is 8.96. The molecule has 1 aromatic carbocycles. The van der Waals surface area contributed by atoms with Crippen molar-refractivity contribution in [2.24, 2.45) is 0 Å². The lowest BCUT2D eigenvalue weighted by Gasteiger charge is -2.03. The minimum absolute atomic E-state index is 0.0261. The third-order valence-electron chi connectivity index (χ3n) is 2.26. The molecule has 1 aromatic heterocycles. The van der Waals surface area contributed by atoms with Gasteiger partial charge >= 0.3 is 5.97 Å². The van der Waals surface area contributed by atoms with Gasteiger partial charge in [0.25, 0.3) is 0 Å². The Hall–Kier alpha value is -2.36. The van der Waals surface area contributed by atoms with Gasteiger partial charge in [0.05, 0.1) is 11.8 Å². The number of carbonyl (C=O) groups is 2. The van der Waals surface area contributed by atoms with Gasteiger partial charge in [-0.25, -0.2) is 4.79 Å². The van der Waals surface area contributed by atoms with Crippen molar-refractivity contribution in [3.05, 3.63) is 59.5 Å². The third-order valence-corrected chi connectivity index (χ3v) is 2.26. The maximum absolute atomic E-state index is 11.6. The summed E-state index contributed by atoms with van der Waals surface area (Å²) < 4.78 is 9.95. The average molecular weight is 230 g/mol. The monoisotopic (exact) mass is 230 g/mol. The number of ether oxygens (including phenoxy) is 1. The lowest BCUT2D eigenvalue weighted by atomic mass is 10.2. The molecule has 4 nitrogen and oxygen atoms in total. The molecular formula is C13H10O4. The zero-order chi connectivity index (χ0) is 12.1. The lowest BCUT2D eigenvalue weighted by Crippen LogP contribution is -2.05. The highest BCUT2D eigenvalue weighted by Crippen LogP contribution is 2.11. The number of carbonyl (C=O) groups excluding carboxylic acids is 2. The quantitative estimate of drug-likeness (QED) is 0.598. The minimum Gasteiger partial charge on any atom is -0.461 e. The summed E-state index contributed by atoms with van der Waals surface area (Å²) in [6.07, 6.45) is 1.97. The third kappa shape index (κ3) is 2.60. The van der Waals surface area contributed by atoms with E-state index < -0.39 is 5.97 Å². The minimum atomic E-state index is -0.427. The topological polar surface area (TPSA) is 56.5 Å². The fourth-order valence-electron chi connectivity index (χ4n) is 1.37. The number of benzene rings is 1. The van der Waals surface area contributed by atoms with Gasteiger partial charge in [0.15, 0.2) is 12.0 Å². The highest BCUT2D eigenvalue weighted by molar-refractivity contribution is 5.89. The van der Waals surface area contributed by atoms with Gasteiger partial charge in [0.1, 0.15) is 6.61 Å². The molecule has 0 spiro atoms. The molecule has 0 fully saturated rings. The number of furan rings is 1. The summed E-state index contributed by atoms with van der Waals surface area (Å²) in [6.45, 7) is 0.0261. The summed E-state index contributed by atoms with van der Waals surface area (Å²) in [5.41, 5.74) is 1.04. The van der Waals surface area contributed by atoms with Crippen molar-refractivity contribution in [1.29, 1.82) is 0 Å². The van der Waals surface area contributed by atoms with E-state index in [1.165, 1.54) is 6.26 Å². The van der Waals surface area contributed by atoms with E-state index in [4.69, 9.17) is 9.15 Å². The van der Waals surface area contributed by atoms with Crippen molar-refractivity contribution in [3.8, 4) is 0 Å². The maximum atomic E-state index is 11.6. The largest absolute Gasteiger partial charge is 0.461 e. The molecule has 0 radical (unpaired) electrons. The zero-order valence-electron chi connectivity index (χ0n) is 8.96. The van der Waals surface area contributed by atoms with Crippen LogP contribution in [0.4, 0.5) is 0 Å². The summed E-state index contributed by atoms with van der Waals surface area (Å²) in [7, 11) is 0. The normalized spacial score (nSPS) is 9.88. The van der Waals surface area contributed by atoms with Crippen LogP contribution < -0.4 is 0 Å². The smallest absolute Gasteiger partial charge is 0.338 e. The summed E-state index contributed by atoms with van der Waals surface area (Å²) in [6, 6.07) is 10.3. The molecule has 0 aliphatic rings. The Morgan fingerprint density at radius 3 is 2.71 bits per heavy atom. The molecule has 0 atom stereocenters. The van der Waals surface area contributed by atoms with Crippen LogP contribution in [0.3, 0.4) is 0 Å². The highest BCUT2D eigenvalue weighted by atomic mass is 16.5. The van der Waals surface area contributed by atoms with Crippen molar-refractivity contribution < 1.29 is 18.7 Å². The molecule has 0 aliphatic heterocycles. The SMILES string of the molecule is O=Cc1occc1COC(=O)c1ccccc1. The van der Waals surface area contributed by atoms with Gasteiger partial charge in [-0.05, 0) is 18.2 Å². The van der Waals surface area contributed by atoms with Gasteiger partial charge < -0.3 is 9.15 Å². The number of esters is 1. The molecule has 0 aliphatic carbocycles. The molecule has 86 valence electrons. The molecule has 0 unspecified atom stereocenters. The standard InChI is InChI=1S/C13H10O4/c14-8-12-11(6-7-16-12)9-17-13(15)10-4-2-1-3-5-10/h1-8H,9H2. The van der Waals surface area contributed by atoms with E-state index in [1.807, 2.05) is 6.07 Å². The van der Waals surface area contributed by atoms with Crippen molar-refractivity contribution in [2.75, 3.05) is 0 Å². The Balaban J connectivity index is 1.99. The molecule has 2 rings (SSSR count). The van der Waals surface area contributed by atoms with Crippen LogP contribution in [0.1, 0.15) is 26.5 Å². The predicted octanol–water partition coefficient (Wildman–Crippen LogP) is 2.45. The van der Waals surface area contributed by atoms with E-state index in [-0.39, 0.29) is 12.4 Å². The van der Waals surface area contributed by atoms with Gasteiger partial charge in [0.2, 0.25) is 0 Å². The first-order valence-corrected chi connectivity index (χ1v) is 5.05. The summed E-state index contributed by atoms with van der Waals surface area (Å²) in [5.74, 6) is -0.241. The van der Waals surface area contributed by atoms with Crippen LogP contribution in [0.25, 0.3) is 0 Å². The molecule has 1 heterocycles. The molecule has 0 saturated heterocycles. The fourth-order valence-corrected chi connectivity index (χ4v) is 1.37. The summed E-state index contributed by atoms with van der Waals surface area (Å²) >= 11 is 0. The molecular weight excluding hydrogens is 220 g/mol. The van der Waals surface area contributed by atoms with Gasteiger partial charge in [-0.3, -0.25) is 4.79 Å². The van der Waals surface area contributed by atoms with Crippen LogP contribution in [0.15, 0.2) is 47.1 Å². The Labute approximate surface area is 97.8 Å². The van der Waals surface area contributed by atoms with Crippen LogP contribution in [0.5, 0.6) is 0 Å². The fraction of sp³-hybridized carbons (Fsp3) is 0.0769. The average Bonchev–Trinajstić information content (AvgIpc) is 2.84. The maximum Gasteiger partial charge on any atom is 0.338 e. The van der Waals surface area contributed by atoms with E-state index in [0.717, 1.165) is 0 Å². The number of rotatable bonds is 4. The van der Waals surface area contributed by atoms with E-state index >= 15 is 0 Å². The molecule has 0 amide bonds. The van der Waals surface area contributed by atoms with E-state index in [2.05, 4.69) is 0 Å². The van der Waals surface area contributed by atoms with Crippen molar-refractivity contribution in [3.63, 3.8) is 0 Å². The second-order valence-electron chi connectivity index (χ2n) is 3.37. The Morgan fingerprint density at radius 2 is 2.00 bits per heavy atom. The first-order chi connectivity index (χ1) is 8.31. The molecule has 0 saturated carbocycles. The van der Waals surface area contributed by atoms with Crippen LogP contribution in [0, 0.1) is 0 Å². The molecule has 2 aromatic rings. The first kappa shape index (κ1) is 11.1. The van der Waals surface area contributed by atoms with Crippen molar-refractivity contribution >= 4 is 12.3 Å². The van der Waals surface area contributed by atoms with Crippen LogP contribution in [-0.2, 0) is 11.3 Å². The van der Waals surface area contributed by atoms with Gasteiger partial charge in [-0.1, -0.05) is 18.2 Å². The van der Waals surface area contributed by atoms with Crippen molar-refractivity contribution in [2.45, 2.75) is 6.61 Å². The number of hydrogen-bond acceptors (Lipinski definition) is 4. The van der Waals surface area contributed by atoms with E-state index in [1.54, 1.807) is 30.3 Å². The second kappa shape index (κ2) is 5.12. The van der Waals surface area contributed by atoms with Crippen molar-refractivity contribution in [1.82, 2.24) is 0 Å². The van der Waals surface area contributed by atoms with Gasteiger partial charge in [0, 0.05) is 5.56 Å². The molecule has 0 bridgehead atoms. The number of aldehydes is 1. The molecule has 4 heteroatoms. The first-order valence-electron chi connectivity index (χ1n) is 5.05. The Kier molecular flexibility index (Phi) is 3.35. The van der Waals surface area contributed by atoms with Gasteiger partial charge in [-0.15, -0.1) is 0 Å². The lowest BCUT2D eigenvalue weighted by molar-refractivity contribution is 0.0470. The van der Waals surface area contributed by atoms with Crippen LogP contribution >= 0.6 is 0 Å². The summed E-state index contributed by atoms with van der Waals surface area (Å²) in [5, 5.41) is 0. The van der Waals surface area contributed by atoms with Crippen LogP contribution in [-0.4, -0.2) is 12.3 Å². The van der Waals surface area contributed by atoms with Gasteiger partial charge in [-0.2, -0.15) is 0 Å². The Bertz CT molecular complexity index is 513. The second-order valence-corrected chi connectivity index (χ2v) is 3.37. The summed E-state index contributed by atoms with van der Waals surface area (Å²) in [4.78, 5) is 22.2. The Morgan fingerprint density at radius 1 is 1.24 bits per heavy atom. The van der Waals surface area contributed by atoms with Crippen LogP contribution in [0.2, 0.25) is 0 Å². The number of hydrogen-bond donors (Lipinski definition) is 0. The van der Waals surface area contributed by atoms with E-state index in [0.29, 0.717) is 17.4 Å². The highest BCUT2D eigenvalue weighted by Gasteiger charge is 2.10. The molecule has 0 N–H and O–H groups in total. The molecule has 17 heavy (non-hydrogen) atoms.